The minimum absolute atomic E-state index is 0.512. The Morgan fingerprint density at radius 2 is 2.39 bits per heavy atom. The van der Waals surface area contributed by atoms with Gasteiger partial charge in [0, 0.05) is 19.7 Å². The Morgan fingerprint density at radius 3 is 3.06 bits per heavy atom. The molecule has 1 aromatic rings. The number of nitrogens with one attached hydrogen (secondary N) is 1. The molecule has 1 atom stereocenters. The Hall–Kier alpha value is -0.520. The Kier molecular flexibility index (Phi) is 5.09. The van der Waals surface area contributed by atoms with Crippen molar-refractivity contribution in [1.82, 2.24) is 15.3 Å². The second-order valence-corrected chi connectivity index (χ2v) is 5.79. The van der Waals surface area contributed by atoms with Gasteiger partial charge in [-0.1, -0.05) is 23.4 Å². The van der Waals surface area contributed by atoms with Crippen molar-refractivity contribution in [2.75, 3.05) is 37.8 Å². The van der Waals surface area contributed by atoms with E-state index in [1.807, 2.05) is 12.3 Å². The second kappa shape index (κ2) is 6.59. The van der Waals surface area contributed by atoms with Crippen molar-refractivity contribution in [2.45, 2.75) is 18.0 Å². The van der Waals surface area contributed by atoms with E-state index in [1.165, 1.54) is 24.6 Å². The van der Waals surface area contributed by atoms with Gasteiger partial charge in [0.1, 0.15) is 11.0 Å². The SMILES string of the molecule is CSc1nc(Cl)cc(N(C)C[C@H]2CCCNC2)n1. The largest absolute Gasteiger partial charge is 0.359 e. The van der Waals surface area contributed by atoms with Crippen molar-refractivity contribution in [1.29, 1.82) is 0 Å². The summed E-state index contributed by atoms with van der Waals surface area (Å²) in [4.78, 5) is 10.8. The van der Waals surface area contributed by atoms with Crippen molar-refractivity contribution in [3.8, 4) is 0 Å². The number of hydrogen-bond donors (Lipinski definition) is 1. The molecule has 0 aliphatic carbocycles. The maximum atomic E-state index is 6.01. The summed E-state index contributed by atoms with van der Waals surface area (Å²) in [7, 11) is 2.07. The highest BCUT2D eigenvalue weighted by molar-refractivity contribution is 7.98. The average Bonchev–Trinajstić information content (AvgIpc) is 2.39. The molecule has 1 aromatic heterocycles. The molecule has 1 aliphatic heterocycles. The third kappa shape index (κ3) is 3.73. The predicted molar refractivity (Wildman–Crippen MR) is 77.7 cm³/mol. The van der Waals surface area contributed by atoms with Crippen molar-refractivity contribution >= 4 is 29.2 Å². The lowest BCUT2D eigenvalue weighted by molar-refractivity contribution is 0.380. The molecule has 1 aliphatic rings. The predicted octanol–water partition coefficient (Wildman–Crippen LogP) is 2.29. The number of piperidine rings is 1. The first-order valence-corrected chi connectivity index (χ1v) is 7.79. The molecular weight excluding hydrogens is 268 g/mol. The number of hydrogen-bond acceptors (Lipinski definition) is 5. The molecule has 0 aromatic carbocycles. The molecule has 1 saturated heterocycles. The first-order chi connectivity index (χ1) is 8.69. The van der Waals surface area contributed by atoms with E-state index in [1.54, 1.807) is 0 Å². The molecule has 1 fully saturated rings. The standard InChI is InChI=1S/C12H19ClN4S/c1-17(8-9-4-3-5-14-7-9)11-6-10(13)15-12(16-11)18-2/h6,9,14H,3-5,7-8H2,1-2H3/t9-/m0/s1. The van der Waals surface area contributed by atoms with Crippen LogP contribution in [-0.2, 0) is 0 Å². The van der Waals surface area contributed by atoms with Crippen LogP contribution in [0.4, 0.5) is 5.82 Å². The molecule has 0 amide bonds. The molecule has 0 bridgehead atoms. The zero-order valence-corrected chi connectivity index (χ0v) is 12.4. The molecule has 0 saturated carbocycles. The highest BCUT2D eigenvalue weighted by Crippen LogP contribution is 2.21. The van der Waals surface area contributed by atoms with Gasteiger partial charge in [-0.15, -0.1) is 0 Å². The van der Waals surface area contributed by atoms with Gasteiger partial charge in [-0.2, -0.15) is 0 Å². The lowest BCUT2D eigenvalue weighted by Gasteiger charge is -2.28. The van der Waals surface area contributed by atoms with Crippen molar-refractivity contribution in [2.24, 2.45) is 5.92 Å². The maximum absolute atomic E-state index is 6.01. The summed E-state index contributed by atoms with van der Waals surface area (Å²) in [5.74, 6) is 1.60. The van der Waals surface area contributed by atoms with Crippen LogP contribution in [0.3, 0.4) is 0 Å². The number of thioether (sulfide) groups is 1. The minimum Gasteiger partial charge on any atom is -0.359 e. The van der Waals surface area contributed by atoms with E-state index in [0.717, 1.165) is 30.6 Å². The zero-order valence-electron chi connectivity index (χ0n) is 10.8. The van der Waals surface area contributed by atoms with Crippen LogP contribution in [0.25, 0.3) is 0 Å². The summed E-state index contributed by atoms with van der Waals surface area (Å²) >= 11 is 7.53. The van der Waals surface area contributed by atoms with Crippen LogP contribution in [0.5, 0.6) is 0 Å². The van der Waals surface area contributed by atoms with Crippen LogP contribution in [0, 0.1) is 5.92 Å². The fourth-order valence-electron chi connectivity index (χ4n) is 2.23. The highest BCUT2D eigenvalue weighted by atomic mass is 35.5. The Bertz CT molecular complexity index is 396. The highest BCUT2D eigenvalue weighted by Gasteiger charge is 2.16. The lowest BCUT2D eigenvalue weighted by Crippen LogP contribution is -2.37. The molecular formula is C12H19ClN4S. The van der Waals surface area contributed by atoms with Gasteiger partial charge < -0.3 is 10.2 Å². The molecule has 4 nitrogen and oxygen atoms in total. The van der Waals surface area contributed by atoms with Crippen molar-refractivity contribution in [3.63, 3.8) is 0 Å². The summed E-state index contributed by atoms with van der Waals surface area (Å²) in [6.45, 7) is 3.25. The summed E-state index contributed by atoms with van der Waals surface area (Å²) in [6, 6.07) is 1.83. The monoisotopic (exact) mass is 286 g/mol. The van der Waals surface area contributed by atoms with E-state index in [4.69, 9.17) is 11.6 Å². The molecule has 6 heteroatoms. The van der Waals surface area contributed by atoms with Gasteiger partial charge in [-0.25, -0.2) is 9.97 Å². The van der Waals surface area contributed by atoms with Crippen LogP contribution < -0.4 is 10.2 Å². The molecule has 2 rings (SSSR count). The Labute approximate surface area is 118 Å². The van der Waals surface area contributed by atoms with Gasteiger partial charge in [-0.3, -0.25) is 0 Å². The number of halogens is 1. The van der Waals surface area contributed by atoms with Gasteiger partial charge in [0.2, 0.25) is 0 Å². The van der Waals surface area contributed by atoms with Crippen LogP contribution in [-0.4, -0.2) is 42.9 Å². The third-order valence-electron chi connectivity index (χ3n) is 3.17. The van der Waals surface area contributed by atoms with Gasteiger partial charge >= 0.3 is 0 Å². The normalized spacial score (nSPS) is 19.8. The smallest absolute Gasteiger partial charge is 0.190 e. The zero-order chi connectivity index (χ0) is 13.0. The van der Waals surface area contributed by atoms with E-state index in [-0.39, 0.29) is 0 Å². The van der Waals surface area contributed by atoms with Gasteiger partial charge in [0.25, 0.3) is 0 Å². The number of rotatable bonds is 4. The number of nitrogens with zero attached hydrogens (tertiary/aromatic N) is 3. The minimum atomic E-state index is 0.512. The summed E-state index contributed by atoms with van der Waals surface area (Å²) in [5.41, 5.74) is 0. The van der Waals surface area contributed by atoms with Crippen LogP contribution in [0.1, 0.15) is 12.8 Å². The summed E-state index contributed by atoms with van der Waals surface area (Å²) in [6.07, 6.45) is 4.51. The summed E-state index contributed by atoms with van der Waals surface area (Å²) < 4.78 is 0. The molecule has 100 valence electrons. The quantitative estimate of drug-likeness (QED) is 0.522. The van der Waals surface area contributed by atoms with E-state index in [2.05, 4.69) is 27.2 Å². The fraction of sp³-hybridized carbons (Fsp3) is 0.667. The molecule has 1 N–H and O–H groups in total. The second-order valence-electron chi connectivity index (χ2n) is 4.63. The lowest BCUT2D eigenvalue weighted by atomic mass is 9.99. The van der Waals surface area contributed by atoms with E-state index < -0.39 is 0 Å². The average molecular weight is 287 g/mol. The Morgan fingerprint density at radius 1 is 1.56 bits per heavy atom. The van der Waals surface area contributed by atoms with E-state index >= 15 is 0 Å². The first-order valence-electron chi connectivity index (χ1n) is 6.19. The number of anilines is 1. The number of aromatic nitrogens is 2. The van der Waals surface area contributed by atoms with Crippen LogP contribution in [0.2, 0.25) is 5.15 Å². The van der Waals surface area contributed by atoms with Crippen LogP contribution in [0.15, 0.2) is 11.2 Å². The van der Waals surface area contributed by atoms with Gasteiger partial charge in [-0.05, 0) is 38.1 Å². The first kappa shape index (κ1) is 13.9. The summed E-state index contributed by atoms with van der Waals surface area (Å²) in [5, 5.41) is 4.68. The molecule has 0 unspecified atom stereocenters. The fourth-order valence-corrected chi connectivity index (χ4v) is 2.84. The van der Waals surface area contributed by atoms with Crippen LogP contribution >= 0.6 is 23.4 Å². The topological polar surface area (TPSA) is 41.1 Å². The third-order valence-corrected chi connectivity index (χ3v) is 3.91. The maximum Gasteiger partial charge on any atom is 0.190 e. The van der Waals surface area contributed by atoms with E-state index in [0.29, 0.717) is 11.1 Å². The van der Waals surface area contributed by atoms with Crippen molar-refractivity contribution in [3.05, 3.63) is 11.2 Å². The Balaban J connectivity index is 2.02. The molecule has 0 spiro atoms. The molecule has 18 heavy (non-hydrogen) atoms. The van der Waals surface area contributed by atoms with E-state index in [9.17, 15) is 0 Å². The molecule has 2 heterocycles. The van der Waals surface area contributed by atoms with Gasteiger partial charge in [0.05, 0.1) is 0 Å². The van der Waals surface area contributed by atoms with Crippen molar-refractivity contribution < 1.29 is 0 Å². The molecule has 0 radical (unpaired) electrons. The van der Waals surface area contributed by atoms with Gasteiger partial charge in [0.15, 0.2) is 5.16 Å².